The molecule has 1 unspecified atom stereocenters. The van der Waals surface area contributed by atoms with Gasteiger partial charge in [-0.25, -0.2) is 9.78 Å². The Balaban J connectivity index is 2.22. The number of nitrogens with zero attached hydrogens (tertiary/aromatic N) is 2. The molecule has 0 fully saturated rings. The lowest BCUT2D eigenvalue weighted by Gasteiger charge is -2.39. The molecule has 2 heterocycles. The van der Waals surface area contributed by atoms with E-state index >= 15 is 0 Å². The Bertz CT molecular complexity index is 635. The van der Waals surface area contributed by atoms with Crippen LogP contribution in [-0.4, -0.2) is 21.1 Å². The molecule has 3 rings (SSSR count). The lowest BCUT2D eigenvalue weighted by Crippen LogP contribution is -2.43. The van der Waals surface area contributed by atoms with E-state index in [1.54, 1.807) is 24.7 Å². The molecule has 0 amide bonds. The summed E-state index contributed by atoms with van der Waals surface area (Å²) in [6.45, 7) is 3.79. The van der Waals surface area contributed by atoms with Crippen molar-refractivity contribution in [2.24, 2.45) is 0 Å². The summed E-state index contributed by atoms with van der Waals surface area (Å²) in [5.41, 5.74) is 0.785. The van der Waals surface area contributed by atoms with E-state index in [2.05, 4.69) is 4.98 Å². The molecule has 1 atom stereocenters. The first kappa shape index (κ1) is 12.2. The number of carbonyl (C=O) groups is 1. The third-order valence-electron chi connectivity index (χ3n) is 3.37. The van der Waals surface area contributed by atoms with Gasteiger partial charge >= 0.3 is 5.97 Å². The van der Waals surface area contributed by atoms with Crippen LogP contribution in [0.25, 0.3) is 0 Å². The number of aromatic nitrogens is 2. The molecule has 2 aromatic rings. The molecule has 4 nitrogen and oxygen atoms in total. The predicted octanol–water partition coefficient (Wildman–Crippen LogP) is 3.07. The Labute approximate surface area is 116 Å². The molecular weight excluding hydrogens is 264 g/mol. The highest BCUT2D eigenvalue weighted by atomic mass is 35.5. The van der Waals surface area contributed by atoms with Crippen LogP contribution < -0.4 is 0 Å². The summed E-state index contributed by atoms with van der Waals surface area (Å²) in [4.78, 5) is 16.1. The van der Waals surface area contributed by atoms with Crippen LogP contribution in [0, 0.1) is 0 Å². The second kappa shape index (κ2) is 4.10. The van der Waals surface area contributed by atoms with Crippen molar-refractivity contribution in [1.82, 2.24) is 9.55 Å². The second-order valence-electron chi connectivity index (χ2n) is 5.14. The molecule has 0 N–H and O–H groups in total. The minimum absolute atomic E-state index is 0.111. The zero-order valence-electron chi connectivity index (χ0n) is 10.6. The minimum Gasteiger partial charge on any atom is -0.453 e. The number of benzene rings is 1. The molecule has 98 valence electrons. The molecule has 0 saturated heterocycles. The Morgan fingerprint density at radius 2 is 2.21 bits per heavy atom. The monoisotopic (exact) mass is 276 g/mol. The second-order valence-corrected chi connectivity index (χ2v) is 5.57. The molecule has 0 radical (unpaired) electrons. The van der Waals surface area contributed by atoms with Crippen molar-refractivity contribution in [2.75, 3.05) is 0 Å². The third kappa shape index (κ3) is 1.92. The molecular formula is C14H13ClN2O2. The topological polar surface area (TPSA) is 44.1 Å². The molecule has 5 heteroatoms. The van der Waals surface area contributed by atoms with Crippen LogP contribution >= 0.6 is 11.6 Å². The van der Waals surface area contributed by atoms with Gasteiger partial charge < -0.3 is 9.30 Å². The highest BCUT2D eigenvalue weighted by Gasteiger charge is 2.42. The number of esters is 1. The average Bonchev–Trinajstić information content (AvgIpc) is 2.82. The van der Waals surface area contributed by atoms with Crippen molar-refractivity contribution in [1.29, 1.82) is 0 Å². The van der Waals surface area contributed by atoms with Crippen molar-refractivity contribution in [3.63, 3.8) is 0 Å². The van der Waals surface area contributed by atoms with Crippen molar-refractivity contribution < 1.29 is 9.53 Å². The van der Waals surface area contributed by atoms with E-state index in [9.17, 15) is 4.79 Å². The van der Waals surface area contributed by atoms with E-state index in [1.165, 1.54) is 0 Å². The fourth-order valence-electron chi connectivity index (χ4n) is 2.61. The summed E-state index contributed by atoms with van der Waals surface area (Å²) in [5.74, 6) is -0.334. The molecule has 19 heavy (non-hydrogen) atoms. The molecule has 0 bridgehead atoms. The molecule has 1 aromatic heterocycles. The fourth-order valence-corrected chi connectivity index (χ4v) is 2.78. The minimum atomic E-state index is -0.640. The van der Waals surface area contributed by atoms with E-state index in [-0.39, 0.29) is 12.0 Å². The SMILES string of the molecule is CC1(C)OC(=O)c2cc(Cl)ccc2C1n1ccnc1. The summed E-state index contributed by atoms with van der Waals surface area (Å²) < 4.78 is 7.49. The van der Waals surface area contributed by atoms with Gasteiger partial charge in [-0.15, -0.1) is 0 Å². The maximum atomic E-state index is 12.1. The summed E-state index contributed by atoms with van der Waals surface area (Å²) in [6.07, 6.45) is 5.30. The molecule has 1 aliphatic rings. The summed E-state index contributed by atoms with van der Waals surface area (Å²) >= 11 is 5.96. The largest absolute Gasteiger partial charge is 0.453 e. The van der Waals surface area contributed by atoms with Gasteiger partial charge in [0.05, 0.1) is 17.9 Å². The Hall–Kier alpha value is -1.81. The van der Waals surface area contributed by atoms with Crippen LogP contribution in [0.2, 0.25) is 5.02 Å². The lowest BCUT2D eigenvalue weighted by molar-refractivity contribution is -0.0261. The third-order valence-corrected chi connectivity index (χ3v) is 3.60. The van der Waals surface area contributed by atoms with Crippen LogP contribution in [-0.2, 0) is 4.74 Å². The molecule has 0 spiro atoms. The van der Waals surface area contributed by atoms with E-state index in [0.717, 1.165) is 5.56 Å². The maximum absolute atomic E-state index is 12.1. The maximum Gasteiger partial charge on any atom is 0.339 e. The number of hydrogen-bond donors (Lipinski definition) is 0. The first-order valence-corrected chi connectivity index (χ1v) is 6.37. The molecule has 1 aliphatic heterocycles. The van der Waals surface area contributed by atoms with E-state index in [4.69, 9.17) is 16.3 Å². The first-order chi connectivity index (χ1) is 8.99. The van der Waals surface area contributed by atoms with Crippen LogP contribution in [0.15, 0.2) is 36.9 Å². The normalized spacial score (nSPS) is 20.8. The van der Waals surface area contributed by atoms with Gasteiger partial charge in [0.1, 0.15) is 5.60 Å². The van der Waals surface area contributed by atoms with Crippen LogP contribution in [0.1, 0.15) is 35.8 Å². The van der Waals surface area contributed by atoms with Gasteiger partial charge in [0.25, 0.3) is 0 Å². The van der Waals surface area contributed by atoms with Gasteiger partial charge in [0, 0.05) is 17.4 Å². The number of halogens is 1. The van der Waals surface area contributed by atoms with Gasteiger partial charge in [-0.05, 0) is 31.5 Å². The zero-order chi connectivity index (χ0) is 13.6. The number of ether oxygens (including phenoxy) is 1. The number of carbonyl (C=O) groups excluding carboxylic acids is 1. The van der Waals surface area contributed by atoms with Crippen molar-refractivity contribution in [2.45, 2.75) is 25.5 Å². The summed E-state index contributed by atoms with van der Waals surface area (Å²) in [6, 6.07) is 5.21. The average molecular weight is 277 g/mol. The Kier molecular flexibility index (Phi) is 2.64. The Morgan fingerprint density at radius 3 is 2.89 bits per heavy atom. The number of fused-ring (bicyclic) bond motifs is 1. The van der Waals surface area contributed by atoms with Gasteiger partial charge in [-0.1, -0.05) is 17.7 Å². The lowest BCUT2D eigenvalue weighted by atomic mass is 9.85. The van der Waals surface area contributed by atoms with E-state index < -0.39 is 5.60 Å². The zero-order valence-corrected chi connectivity index (χ0v) is 11.4. The summed E-state index contributed by atoms with van der Waals surface area (Å²) in [7, 11) is 0. The van der Waals surface area contributed by atoms with Crippen molar-refractivity contribution in [3.05, 3.63) is 53.1 Å². The van der Waals surface area contributed by atoms with Crippen molar-refractivity contribution in [3.8, 4) is 0 Å². The molecule has 0 aliphatic carbocycles. The van der Waals surface area contributed by atoms with Crippen molar-refractivity contribution >= 4 is 17.6 Å². The van der Waals surface area contributed by atoms with Gasteiger partial charge in [-0.3, -0.25) is 0 Å². The van der Waals surface area contributed by atoms with Gasteiger partial charge in [0.2, 0.25) is 0 Å². The van der Waals surface area contributed by atoms with E-state index in [1.807, 2.05) is 30.7 Å². The van der Waals surface area contributed by atoms with Crippen LogP contribution in [0.5, 0.6) is 0 Å². The van der Waals surface area contributed by atoms with E-state index in [0.29, 0.717) is 10.6 Å². The Morgan fingerprint density at radius 1 is 1.42 bits per heavy atom. The number of cyclic esters (lactones) is 1. The first-order valence-electron chi connectivity index (χ1n) is 5.99. The summed E-state index contributed by atoms with van der Waals surface area (Å²) in [5, 5.41) is 0.528. The molecule has 1 aromatic carbocycles. The fraction of sp³-hybridized carbons (Fsp3) is 0.286. The molecule has 0 saturated carbocycles. The number of imidazole rings is 1. The van der Waals surface area contributed by atoms with Crippen LogP contribution in [0.3, 0.4) is 0 Å². The number of hydrogen-bond acceptors (Lipinski definition) is 3. The predicted molar refractivity (Wildman–Crippen MR) is 71.3 cm³/mol. The standard InChI is InChI=1S/C14H13ClN2O2/c1-14(2)12(17-6-5-16-8-17)10-4-3-9(15)7-11(10)13(18)19-14/h3-8,12H,1-2H3. The number of rotatable bonds is 1. The van der Waals surface area contributed by atoms with Crippen LogP contribution in [0.4, 0.5) is 0 Å². The highest BCUT2D eigenvalue weighted by Crippen LogP contribution is 2.40. The smallest absolute Gasteiger partial charge is 0.339 e. The van der Waals surface area contributed by atoms with Gasteiger partial charge in [-0.2, -0.15) is 0 Å². The van der Waals surface area contributed by atoms with Gasteiger partial charge in [0.15, 0.2) is 0 Å². The highest BCUT2D eigenvalue weighted by molar-refractivity contribution is 6.31. The quantitative estimate of drug-likeness (QED) is 0.752.